The maximum absolute atomic E-state index is 12.9. The first kappa shape index (κ1) is 21.5. The molecule has 0 spiro atoms. The van der Waals surface area contributed by atoms with Crippen molar-refractivity contribution < 1.29 is 23.8 Å². The Morgan fingerprint density at radius 1 is 1.06 bits per heavy atom. The lowest BCUT2D eigenvalue weighted by Gasteiger charge is -2.13. The molecule has 0 saturated heterocycles. The van der Waals surface area contributed by atoms with E-state index in [0.29, 0.717) is 35.9 Å². The van der Waals surface area contributed by atoms with Crippen LogP contribution in [0, 0.1) is 13.8 Å². The summed E-state index contributed by atoms with van der Waals surface area (Å²) in [6.07, 6.45) is 0. The van der Waals surface area contributed by atoms with Crippen molar-refractivity contribution in [1.82, 2.24) is 9.88 Å². The van der Waals surface area contributed by atoms with Gasteiger partial charge in [0.1, 0.15) is 6.54 Å². The van der Waals surface area contributed by atoms with Crippen LogP contribution in [0.2, 0.25) is 0 Å². The van der Waals surface area contributed by atoms with Crippen LogP contribution in [0.4, 0.5) is 0 Å². The minimum Gasteiger partial charge on any atom is -0.462 e. The first-order valence-electron chi connectivity index (χ1n) is 10.6. The van der Waals surface area contributed by atoms with Crippen molar-refractivity contribution in [3.05, 3.63) is 70.9 Å². The van der Waals surface area contributed by atoms with E-state index in [1.54, 1.807) is 6.92 Å². The number of esters is 1. The number of carbonyl (C=O) groups excluding carboxylic acids is 2. The van der Waals surface area contributed by atoms with Crippen LogP contribution < -0.4 is 14.8 Å². The number of hydrogen-bond acceptors (Lipinski definition) is 5. The van der Waals surface area contributed by atoms with E-state index in [1.807, 2.05) is 66.9 Å². The van der Waals surface area contributed by atoms with E-state index in [1.165, 1.54) is 0 Å². The number of fused-ring (bicyclic) bond motifs is 1. The zero-order valence-electron chi connectivity index (χ0n) is 18.4. The molecule has 0 bridgehead atoms. The zero-order valence-corrected chi connectivity index (χ0v) is 18.4. The number of hydrogen-bond donors (Lipinski definition) is 1. The number of nitrogens with one attached hydrogen (secondary N) is 1. The quantitative estimate of drug-likeness (QED) is 0.569. The van der Waals surface area contributed by atoms with Crippen molar-refractivity contribution in [2.45, 2.75) is 33.9 Å². The van der Waals surface area contributed by atoms with Gasteiger partial charge in [0, 0.05) is 12.2 Å². The van der Waals surface area contributed by atoms with Crippen molar-refractivity contribution in [1.29, 1.82) is 0 Å². The lowest BCUT2D eigenvalue weighted by molar-refractivity contribution is -0.121. The molecule has 0 aliphatic carbocycles. The molecule has 1 aliphatic rings. The average Bonchev–Trinajstić information content (AvgIpc) is 3.35. The third kappa shape index (κ3) is 4.19. The molecule has 1 aromatic heterocycles. The number of ether oxygens (including phenoxy) is 3. The predicted octanol–water partition coefficient (Wildman–Crippen LogP) is 3.99. The molecule has 7 nitrogen and oxygen atoms in total. The molecule has 166 valence electrons. The molecule has 4 rings (SSSR count). The molecule has 2 heterocycles. The largest absolute Gasteiger partial charge is 0.462 e. The molecule has 0 saturated carbocycles. The Balaban J connectivity index is 1.58. The van der Waals surface area contributed by atoms with Gasteiger partial charge < -0.3 is 24.1 Å². The standard InChI is InChI=1S/C25H26N2O5/c1-4-30-25(29)23-16(2)24(19-8-6-5-7-9-19)27(17(23)3)14-22(28)26-13-18-10-11-20-21(12-18)32-15-31-20/h5-12H,4,13-15H2,1-3H3,(H,26,28). The summed E-state index contributed by atoms with van der Waals surface area (Å²) >= 11 is 0. The fraction of sp³-hybridized carbons (Fsp3) is 0.280. The Morgan fingerprint density at radius 2 is 1.81 bits per heavy atom. The maximum Gasteiger partial charge on any atom is 0.340 e. The maximum atomic E-state index is 12.9. The van der Waals surface area contributed by atoms with Gasteiger partial charge in [0.05, 0.1) is 17.9 Å². The normalized spacial score (nSPS) is 12.0. The van der Waals surface area contributed by atoms with Crippen LogP contribution in [-0.2, 0) is 22.6 Å². The number of rotatable bonds is 7. The molecular formula is C25H26N2O5. The van der Waals surface area contributed by atoms with Crippen molar-refractivity contribution in [2.75, 3.05) is 13.4 Å². The van der Waals surface area contributed by atoms with E-state index in [2.05, 4.69) is 5.32 Å². The number of nitrogens with zero attached hydrogens (tertiary/aromatic N) is 1. The lowest BCUT2D eigenvalue weighted by atomic mass is 10.1. The minimum atomic E-state index is -0.376. The smallest absolute Gasteiger partial charge is 0.340 e. The highest BCUT2D eigenvalue weighted by Crippen LogP contribution is 2.33. The van der Waals surface area contributed by atoms with Gasteiger partial charge in [-0.2, -0.15) is 0 Å². The number of amides is 1. The molecule has 3 aromatic rings. The van der Waals surface area contributed by atoms with Gasteiger partial charge in [-0.05, 0) is 49.6 Å². The molecule has 1 amide bonds. The Labute approximate surface area is 186 Å². The second-order valence-corrected chi connectivity index (χ2v) is 7.57. The summed E-state index contributed by atoms with van der Waals surface area (Å²) in [4.78, 5) is 25.5. The summed E-state index contributed by atoms with van der Waals surface area (Å²) in [5.41, 5.74) is 4.71. The summed E-state index contributed by atoms with van der Waals surface area (Å²) in [6, 6.07) is 15.3. The zero-order chi connectivity index (χ0) is 22.7. The third-order valence-corrected chi connectivity index (χ3v) is 5.52. The highest BCUT2D eigenvalue weighted by atomic mass is 16.7. The van der Waals surface area contributed by atoms with Crippen molar-refractivity contribution >= 4 is 11.9 Å². The first-order chi connectivity index (χ1) is 15.5. The second kappa shape index (κ2) is 9.18. The van der Waals surface area contributed by atoms with Gasteiger partial charge in [0.2, 0.25) is 12.7 Å². The molecule has 0 radical (unpaired) electrons. The Hall–Kier alpha value is -3.74. The van der Waals surface area contributed by atoms with E-state index in [9.17, 15) is 9.59 Å². The Bertz CT molecular complexity index is 1150. The molecule has 1 aliphatic heterocycles. The molecule has 0 fully saturated rings. The molecule has 0 atom stereocenters. The van der Waals surface area contributed by atoms with Crippen LogP contribution in [0.15, 0.2) is 48.5 Å². The summed E-state index contributed by atoms with van der Waals surface area (Å²) in [6.45, 7) is 6.46. The van der Waals surface area contributed by atoms with E-state index < -0.39 is 0 Å². The van der Waals surface area contributed by atoms with Crippen molar-refractivity contribution in [3.8, 4) is 22.8 Å². The fourth-order valence-electron chi connectivity index (χ4n) is 4.02. The SMILES string of the molecule is CCOC(=O)c1c(C)c(-c2ccccc2)n(CC(=O)NCc2ccc3c(c2)OCO3)c1C. The van der Waals surface area contributed by atoms with Gasteiger partial charge >= 0.3 is 5.97 Å². The van der Waals surface area contributed by atoms with Crippen LogP contribution in [0.25, 0.3) is 11.3 Å². The van der Waals surface area contributed by atoms with Gasteiger partial charge in [0.25, 0.3) is 0 Å². The fourth-order valence-corrected chi connectivity index (χ4v) is 4.02. The van der Waals surface area contributed by atoms with Gasteiger partial charge in [-0.3, -0.25) is 4.79 Å². The number of aromatic nitrogens is 1. The van der Waals surface area contributed by atoms with Crippen molar-refractivity contribution in [3.63, 3.8) is 0 Å². The molecule has 7 heteroatoms. The van der Waals surface area contributed by atoms with Gasteiger partial charge in [-0.25, -0.2) is 4.79 Å². The Kier molecular flexibility index (Phi) is 6.16. The summed E-state index contributed by atoms with van der Waals surface area (Å²) in [5.74, 6) is 0.851. The highest BCUT2D eigenvalue weighted by molar-refractivity contribution is 5.95. The summed E-state index contributed by atoms with van der Waals surface area (Å²) < 4.78 is 17.9. The molecule has 2 aromatic carbocycles. The number of carbonyl (C=O) groups is 2. The van der Waals surface area contributed by atoms with Gasteiger partial charge in [0.15, 0.2) is 11.5 Å². The molecular weight excluding hydrogens is 408 g/mol. The van der Waals surface area contributed by atoms with E-state index >= 15 is 0 Å². The van der Waals surface area contributed by atoms with Crippen LogP contribution in [0.3, 0.4) is 0 Å². The van der Waals surface area contributed by atoms with Crippen LogP contribution in [0.1, 0.15) is 34.1 Å². The minimum absolute atomic E-state index is 0.0842. The average molecular weight is 434 g/mol. The summed E-state index contributed by atoms with van der Waals surface area (Å²) in [5, 5.41) is 2.96. The van der Waals surface area contributed by atoms with E-state index in [4.69, 9.17) is 14.2 Å². The molecule has 1 N–H and O–H groups in total. The van der Waals surface area contributed by atoms with Crippen LogP contribution in [-0.4, -0.2) is 29.8 Å². The first-order valence-corrected chi connectivity index (χ1v) is 10.6. The lowest BCUT2D eigenvalue weighted by Crippen LogP contribution is -2.28. The number of benzene rings is 2. The van der Waals surface area contributed by atoms with Gasteiger partial charge in [-0.1, -0.05) is 36.4 Å². The van der Waals surface area contributed by atoms with E-state index in [-0.39, 0.29) is 25.2 Å². The monoisotopic (exact) mass is 434 g/mol. The van der Waals surface area contributed by atoms with Crippen LogP contribution >= 0.6 is 0 Å². The highest BCUT2D eigenvalue weighted by Gasteiger charge is 2.25. The topological polar surface area (TPSA) is 78.8 Å². The molecule has 32 heavy (non-hydrogen) atoms. The Morgan fingerprint density at radius 3 is 2.56 bits per heavy atom. The predicted molar refractivity (Wildman–Crippen MR) is 120 cm³/mol. The van der Waals surface area contributed by atoms with Crippen molar-refractivity contribution in [2.24, 2.45) is 0 Å². The van der Waals surface area contributed by atoms with Gasteiger partial charge in [-0.15, -0.1) is 0 Å². The summed E-state index contributed by atoms with van der Waals surface area (Å²) in [7, 11) is 0. The van der Waals surface area contributed by atoms with E-state index in [0.717, 1.165) is 22.4 Å². The second-order valence-electron chi connectivity index (χ2n) is 7.57. The third-order valence-electron chi connectivity index (χ3n) is 5.52. The molecule has 0 unspecified atom stereocenters. The van der Waals surface area contributed by atoms with Crippen LogP contribution in [0.5, 0.6) is 11.5 Å².